The molecule has 2 aromatic rings. The minimum Gasteiger partial charge on any atom is -0.495 e. The van der Waals surface area contributed by atoms with Crippen LogP contribution in [0.3, 0.4) is 0 Å². The molecule has 0 saturated carbocycles. The van der Waals surface area contributed by atoms with Crippen LogP contribution >= 0.6 is 11.3 Å². The van der Waals surface area contributed by atoms with Gasteiger partial charge in [-0.3, -0.25) is 4.79 Å². The maximum atomic E-state index is 12.8. The summed E-state index contributed by atoms with van der Waals surface area (Å²) in [6.07, 6.45) is -0.984. The normalized spacial score (nSPS) is 17.5. The predicted molar refractivity (Wildman–Crippen MR) is 89.6 cm³/mol. The Labute approximate surface area is 143 Å². The van der Waals surface area contributed by atoms with Crippen LogP contribution < -0.4 is 4.74 Å². The zero-order chi connectivity index (χ0) is 17.1. The Kier molecular flexibility index (Phi) is 4.82. The molecule has 0 bridgehead atoms. The number of hydrogen-bond donors (Lipinski definition) is 1. The Hall–Kier alpha value is -2.38. The molecule has 7 heteroatoms. The average molecular weight is 347 g/mol. The van der Waals surface area contributed by atoms with Gasteiger partial charge in [-0.2, -0.15) is 0 Å². The van der Waals surface area contributed by atoms with E-state index in [1.54, 1.807) is 0 Å². The van der Waals surface area contributed by atoms with Gasteiger partial charge in [0.05, 0.1) is 20.3 Å². The third-order valence-corrected chi connectivity index (χ3v) is 4.95. The minimum atomic E-state index is -1.06. The Bertz CT molecular complexity index is 743. The van der Waals surface area contributed by atoms with Crippen LogP contribution in [-0.4, -0.2) is 54.8 Å². The second-order valence-corrected chi connectivity index (χ2v) is 6.38. The molecule has 1 saturated heterocycles. The van der Waals surface area contributed by atoms with Crippen LogP contribution in [-0.2, 0) is 9.53 Å². The molecule has 126 valence electrons. The molecule has 6 nitrogen and oxygen atoms in total. The van der Waals surface area contributed by atoms with Gasteiger partial charge < -0.3 is 19.5 Å². The van der Waals surface area contributed by atoms with Crippen LogP contribution in [0.4, 0.5) is 0 Å². The number of carboxylic acid groups (broad SMARTS) is 1. The van der Waals surface area contributed by atoms with E-state index in [0.29, 0.717) is 17.2 Å². The van der Waals surface area contributed by atoms with Crippen molar-refractivity contribution < 1.29 is 24.2 Å². The van der Waals surface area contributed by atoms with Crippen molar-refractivity contribution in [3.8, 4) is 16.2 Å². The Balaban J connectivity index is 1.87. The molecule has 1 fully saturated rings. The third-order valence-electron chi connectivity index (χ3n) is 3.80. The first-order valence-electron chi connectivity index (χ1n) is 7.47. The van der Waals surface area contributed by atoms with E-state index in [1.807, 2.05) is 36.4 Å². The second-order valence-electron chi connectivity index (χ2n) is 5.32. The second kappa shape index (κ2) is 7.02. The van der Waals surface area contributed by atoms with Crippen molar-refractivity contribution in [2.75, 3.05) is 26.8 Å². The van der Waals surface area contributed by atoms with Crippen LogP contribution in [0.2, 0.25) is 0 Å². The number of carbonyl (C=O) groups is 2. The maximum Gasteiger partial charge on any atom is 0.334 e. The van der Waals surface area contributed by atoms with E-state index in [2.05, 4.69) is 0 Å². The van der Waals surface area contributed by atoms with Crippen molar-refractivity contribution >= 4 is 23.2 Å². The Morgan fingerprint density at radius 3 is 2.75 bits per heavy atom. The number of methoxy groups -OCH3 is 1. The number of ether oxygens (including phenoxy) is 2. The quantitative estimate of drug-likeness (QED) is 0.919. The number of carbonyl (C=O) groups excluding carboxylic acids is 1. The summed E-state index contributed by atoms with van der Waals surface area (Å²) in [6.45, 7) is 0.613. The SMILES string of the molecule is COc1cc(-c2ccccc2)sc1C(=O)N1CCO[C@@H](C(=O)O)C1. The fourth-order valence-electron chi connectivity index (χ4n) is 2.55. The summed E-state index contributed by atoms with van der Waals surface area (Å²) in [4.78, 5) is 26.8. The van der Waals surface area contributed by atoms with Gasteiger partial charge in [0.15, 0.2) is 6.10 Å². The highest BCUT2D eigenvalue weighted by Crippen LogP contribution is 2.37. The van der Waals surface area contributed by atoms with Crippen molar-refractivity contribution in [2.24, 2.45) is 0 Å². The van der Waals surface area contributed by atoms with Crippen LogP contribution in [0, 0.1) is 0 Å². The standard InChI is InChI=1S/C17H17NO5S/c1-22-12-9-14(11-5-3-2-4-6-11)24-15(12)16(19)18-7-8-23-13(10-18)17(20)21/h2-6,9,13H,7-8,10H2,1H3,(H,20,21)/t13-/m1/s1. The average Bonchev–Trinajstić information content (AvgIpc) is 3.06. The lowest BCUT2D eigenvalue weighted by atomic mass is 10.2. The molecule has 24 heavy (non-hydrogen) atoms. The van der Waals surface area contributed by atoms with E-state index in [4.69, 9.17) is 14.6 Å². The molecule has 1 aromatic heterocycles. The lowest BCUT2D eigenvalue weighted by molar-refractivity contribution is -0.154. The molecule has 0 unspecified atom stereocenters. The molecule has 0 spiro atoms. The number of carboxylic acids is 1. The zero-order valence-electron chi connectivity index (χ0n) is 13.1. The predicted octanol–water partition coefficient (Wildman–Crippen LogP) is 2.35. The van der Waals surface area contributed by atoms with E-state index in [-0.39, 0.29) is 19.1 Å². The highest BCUT2D eigenvalue weighted by Gasteiger charge is 2.31. The lowest BCUT2D eigenvalue weighted by Crippen LogP contribution is -2.48. The molecule has 0 aliphatic carbocycles. The Morgan fingerprint density at radius 2 is 2.08 bits per heavy atom. The summed E-state index contributed by atoms with van der Waals surface area (Å²) in [5.74, 6) is -0.786. The minimum absolute atomic E-state index is 0.0376. The van der Waals surface area contributed by atoms with Crippen LogP contribution in [0.25, 0.3) is 10.4 Å². The number of amides is 1. The van der Waals surface area contributed by atoms with Crippen LogP contribution in [0.5, 0.6) is 5.75 Å². The van der Waals surface area contributed by atoms with Crippen LogP contribution in [0.1, 0.15) is 9.67 Å². The fraction of sp³-hybridized carbons (Fsp3) is 0.294. The van der Waals surface area contributed by atoms with Gasteiger partial charge in [-0.15, -0.1) is 11.3 Å². The van der Waals surface area contributed by atoms with Gasteiger partial charge in [-0.05, 0) is 11.6 Å². The van der Waals surface area contributed by atoms with Crippen molar-refractivity contribution in [2.45, 2.75) is 6.10 Å². The summed E-state index contributed by atoms with van der Waals surface area (Å²) in [6, 6.07) is 11.6. The number of benzene rings is 1. The molecule has 1 aliphatic rings. The van der Waals surface area contributed by atoms with Gasteiger partial charge >= 0.3 is 5.97 Å². The van der Waals surface area contributed by atoms with E-state index in [1.165, 1.54) is 23.3 Å². The molecule has 0 radical (unpaired) electrons. The summed E-state index contributed by atoms with van der Waals surface area (Å²) >= 11 is 1.34. The molecule has 2 heterocycles. The molecular formula is C17H17NO5S. The summed E-state index contributed by atoms with van der Waals surface area (Å²) in [7, 11) is 1.52. The molecule has 1 aliphatic heterocycles. The largest absolute Gasteiger partial charge is 0.495 e. The van der Waals surface area contributed by atoms with E-state index < -0.39 is 12.1 Å². The number of aliphatic carboxylic acids is 1. The number of thiophene rings is 1. The highest BCUT2D eigenvalue weighted by molar-refractivity contribution is 7.17. The summed E-state index contributed by atoms with van der Waals surface area (Å²) in [5.41, 5.74) is 1.00. The summed E-state index contributed by atoms with van der Waals surface area (Å²) in [5, 5.41) is 9.08. The number of morpholine rings is 1. The van der Waals surface area contributed by atoms with E-state index in [9.17, 15) is 9.59 Å². The van der Waals surface area contributed by atoms with Gasteiger partial charge in [0, 0.05) is 11.4 Å². The van der Waals surface area contributed by atoms with Gasteiger partial charge in [0.2, 0.25) is 0 Å². The van der Waals surface area contributed by atoms with Gasteiger partial charge in [-0.1, -0.05) is 30.3 Å². The smallest absolute Gasteiger partial charge is 0.334 e. The molecular weight excluding hydrogens is 330 g/mol. The number of nitrogens with zero attached hydrogens (tertiary/aromatic N) is 1. The zero-order valence-corrected chi connectivity index (χ0v) is 13.9. The summed E-state index contributed by atoms with van der Waals surface area (Å²) < 4.78 is 10.5. The molecule has 1 amide bonds. The first-order valence-corrected chi connectivity index (χ1v) is 8.28. The maximum absolute atomic E-state index is 12.8. The third kappa shape index (κ3) is 3.27. The molecule has 3 rings (SSSR count). The molecule has 1 atom stereocenters. The number of hydrogen-bond acceptors (Lipinski definition) is 5. The van der Waals surface area contributed by atoms with Crippen LogP contribution in [0.15, 0.2) is 36.4 Å². The van der Waals surface area contributed by atoms with Gasteiger partial charge in [0.1, 0.15) is 10.6 Å². The van der Waals surface area contributed by atoms with Crippen molar-refractivity contribution in [3.63, 3.8) is 0 Å². The topological polar surface area (TPSA) is 76.1 Å². The highest BCUT2D eigenvalue weighted by atomic mass is 32.1. The van der Waals surface area contributed by atoms with Crippen molar-refractivity contribution in [3.05, 3.63) is 41.3 Å². The Morgan fingerprint density at radius 1 is 1.33 bits per heavy atom. The molecule has 1 aromatic carbocycles. The lowest BCUT2D eigenvalue weighted by Gasteiger charge is -2.30. The molecule has 1 N–H and O–H groups in total. The van der Waals surface area contributed by atoms with Gasteiger partial charge in [0.25, 0.3) is 5.91 Å². The fourth-order valence-corrected chi connectivity index (χ4v) is 3.65. The first kappa shape index (κ1) is 16.5. The van der Waals surface area contributed by atoms with E-state index >= 15 is 0 Å². The van der Waals surface area contributed by atoms with Crippen molar-refractivity contribution in [1.29, 1.82) is 0 Å². The number of rotatable bonds is 4. The van der Waals surface area contributed by atoms with E-state index in [0.717, 1.165) is 10.4 Å². The van der Waals surface area contributed by atoms with Crippen molar-refractivity contribution in [1.82, 2.24) is 4.90 Å². The van der Waals surface area contributed by atoms with Gasteiger partial charge in [-0.25, -0.2) is 4.79 Å². The monoisotopic (exact) mass is 347 g/mol. The first-order chi connectivity index (χ1) is 11.6.